The Morgan fingerprint density at radius 3 is 1.57 bits per heavy atom. The van der Waals surface area contributed by atoms with Crippen LogP contribution in [0.1, 0.15) is 39.5 Å². The van der Waals surface area contributed by atoms with Crippen molar-refractivity contribution in [3.8, 4) is 12.1 Å². The van der Waals surface area contributed by atoms with Crippen LogP contribution in [0.15, 0.2) is 0 Å². The second-order valence-corrected chi connectivity index (χ2v) is 10.9. The molecule has 0 aliphatic carbocycles. The first-order valence-electron chi connectivity index (χ1n) is 9.44. The summed E-state index contributed by atoms with van der Waals surface area (Å²) in [6.45, 7) is 4.51. The third-order valence-corrected chi connectivity index (χ3v) is 7.77. The highest BCUT2D eigenvalue weighted by atomic mass is 32.2. The number of carbonyl (C=O) groups is 2. The van der Waals surface area contributed by atoms with Crippen molar-refractivity contribution in [2.75, 3.05) is 24.6 Å². The van der Waals surface area contributed by atoms with Gasteiger partial charge in [-0.3, -0.25) is 19.4 Å². The molecule has 2 rings (SSSR count). The van der Waals surface area contributed by atoms with Crippen LogP contribution in [-0.4, -0.2) is 65.9 Å². The van der Waals surface area contributed by atoms with Gasteiger partial charge in [-0.05, 0) is 26.7 Å². The Balaban J connectivity index is 1.86. The molecule has 2 amide bonds. The number of amides is 2. The fourth-order valence-electron chi connectivity index (χ4n) is 2.79. The molecule has 2 aliphatic rings. The fraction of sp³-hybridized carbons (Fsp3) is 0.667. The van der Waals surface area contributed by atoms with E-state index in [2.05, 4.69) is 23.0 Å². The van der Waals surface area contributed by atoms with Crippen LogP contribution in [0.25, 0.3) is 0 Å². The first-order valence-corrected chi connectivity index (χ1v) is 12.2. The number of thioether (sulfide) groups is 2. The van der Waals surface area contributed by atoms with E-state index in [1.54, 1.807) is 23.6 Å². The summed E-state index contributed by atoms with van der Waals surface area (Å²) in [5, 5.41) is 19.2. The third kappa shape index (κ3) is 6.61. The van der Waals surface area contributed by atoms with Crippen molar-refractivity contribution < 1.29 is 9.59 Å². The van der Waals surface area contributed by atoms with Crippen molar-refractivity contribution in [2.24, 2.45) is 0 Å². The minimum absolute atomic E-state index is 0.110. The molecule has 2 atom stereocenters. The number of thiocarbonyl (C=S) groups is 2. The van der Waals surface area contributed by atoms with Gasteiger partial charge in [0.25, 0.3) is 0 Å². The summed E-state index contributed by atoms with van der Waals surface area (Å²) in [5.74, 6) is 1.36. The molecular weight excluding hydrogens is 461 g/mol. The summed E-state index contributed by atoms with van der Waals surface area (Å²) in [6, 6.07) is 4.32. The van der Waals surface area contributed by atoms with Gasteiger partial charge >= 0.3 is 0 Å². The zero-order valence-electron chi connectivity index (χ0n) is 16.9. The summed E-state index contributed by atoms with van der Waals surface area (Å²) >= 11 is 13.3. The molecule has 0 spiro atoms. The molecule has 12 heteroatoms. The largest absolute Gasteiger partial charge is 0.297 e. The van der Waals surface area contributed by atoms with E-state index in [0.29, 0.717) is 21.7 Å². The maximum Gasteiger partial charge on any atom is 0.228 e. The van der Waals surface area contributed by atoms with Crippen LogP contribution in [0.3, 0.4) is 0 Å². The predicted molar refractivity (Wildman–Crippen MR) is 126 cm³/mol. The van der Waals surface area contributed by atoms with E-state index >= 15 is 0 Å². The van der Waals surface area contributed by atoms with E-state index < -0.39 is 11.1 Å². The average molecular weight is 485 g/mol. The fourth-order valence-corrected chi connectivity index (χ4v) is 5.27. The molecule has 30 heavy (non-hydrogen) atoms. The van der Waals surface area contributed by atoms with E-state index in [1.807, 2.05) is 0 Å². The molecule has 2 fully saturated rings. The van der Waals surface area contributed by atoms with Crippen molar-refractivity contribution in [3.63, 3.8) is 0 Å². The number of hydrogen-bond donors (Lipinski definition) is 2. The molecule has 2 unspecified atom stereocenters. The van der Waals surface area contributed by atoms with Gasteiger partial charge in [-0.15, -0.1) is 0 Å². The quantitative estimate of drug-likeness (QED) is 0.372. The molecule has 0 radical (unpaired) electrons. The SMILES string of the molecule is CC(C#N)(CCC(=O)N1CCSC1=S)NNC(C)(C#N)CCC(=O)N1CCSC1=S. The highest BCUT2D eigenvalue weighted by molar-refractivity contribution is 8.23. The molecular formula is C18H24N6O2S4. The molecule has 2 saturated heterocycles. The average Bonchev–Trinajstić information content (AvgIpc) is 3.36. The molecule has 8 nitrogen and oxygen atoms in total. The standard InChI is InChI=1S/C18H24N6O2S4/c1-17(11-19,5-3-13(25)23-7-9-29-15(23)27)21-22-18(2,12-20)6-4-14(26)24-8-10-30-16(24)28/h21-22H,3-10H2,1-2H3. The van der Waals surface area contributed by atoms with Crippen LogP contribution in [0.5, 0.6) is 0 Å². The normalized spacial score (nSPS) is 20.4. The number of nitriles is 2. The monoisotopic (exact) mass is 484 g/mol. The summed E-state index contributed by atoms with van der Waals surface area (Å²) in [7, 11) is 0. The highest BCUT2D eigenvalue weighted by Gasteiger charge is 2.33. The van der Waals surface area contributed by atoms with E-state index in [9.17, 15) is 20.1 Å². The lowest BCUT2D eigenvalue weighted by Crippen LogP contribution is -2.58. The lowest BCUT2D eigenvalue weighted by molar-refractivity contribution is -0.128. The van der Waals surface area contributed by atoms with Gasteiger partial charge in [0.15, 0.2) is 0 Å². The zero-order valence-corrected chi connectivity index (χ0v) is 20.2. The zero-order chi connectivity index (χ0) is 22.4. The van der Waals surface area contributed by atoms with E-state index in [1.165, 1.54) is 23.5 Å². The van der Waals surface area contributed by atoms with E-state index in [-0.39, 0.29) is 37.5 Å². The number of carbonyl (C=O) groups excluding carboxylic acids is 2. The van der Waals surface area contributed by atoms with Crippen LogP contribution in [-0.2, 0) is 9.59 Å². The number of nitrogens with one attached hydrogen (secondary N) is 2. The first kappa shape index (κ1) is 25.0. The maximum atomic E-state index is 12.4. The Kier molecular flexibility index (Phi) is 9.03. The summed E-state index contributed by atoms with van der Waals surface area (Å²) in [6.07, 6.45) is 0.814. The minimum atomic E-state index is -1.07. The molecule has 0 aromatic rings. The molecule has 0 aromatic carbocycles. The first-order chi connectivity index (χ1) is 14.1. The van der Waals surface area contributed by atoms with Gasteiger partial charge in [0.2, 0.25) is 11.8 Å². The number of hydrazine groups is 1. The van der Waals surface area contributed by atoms with Gasteiger partial charge in [0, 0.05) is 37.4 Å². The van der Waals surface area contributed by atoms with Crippen molar-refractivity contribution in [2.45, 2.75) is 50.6 Å². The topological polar surface area (TPSA) is 112 Å². The Bertz CT molecular complexity index is 743. The molecule has 0 saturated carbocycles. The van der Waals surface area contributed by atoms with Crippen LogP contribution in [0.4, 0.5) is 0 Å². The molecule has 0 aromatic heterocycles. The van der Waals surface area contributed by atoms with Gasteiger partial charge < -0.3 is 0 Å². The summed E-state index contributed by atoms with van der Waals surface area (Å²) in [5.41, 5.74) is 3.66. The lowest BCUT2D eigenvalue weighted by atomic mass is 9.96. The van der Waals surface area contributed by atoms with Gasteiger partial charge in [-0.25, -0.2) is 10.9 Å². The number of rotatable bonds is 9. The molecule has 0 bridgehead atoms. The van der Waals surface area contributed by atoms with Crippen LogP contribution in [0, 0.1) is 22.7 Å². The van der Waals surface area contributed by atoms with Crippen molar-refractivity contribution in [3.05, 3.63) is 0 Å². The Labute approximate surface area is 196 Å². The molecule has 2 heterocycles. The Morgan fingerprint density at radius 2 is 1.30 bits per heavy atom. The van der Waals surface area contributed by atoms with Gasteiger partial charge in [0.05, 0.1) is 12.1 Å². The third-order valence-electron chi connectivity index (χ3n) is 4.91. The van der Waals surface area contributed by atoms with Crippen molar-refractivity contribution >= 4 is 68.4 Å². The number of hydrogen-bond acceptors (Lipinski definition) is 10. The van der Waals surface area contributed by atoms with Crippen LogP contribution in [0.2, 0.25) is 0 Å². The highest BCUT2D eigenvalue weighted by Crippen LogP contribution is 2.22. The van der Waals surface area contributed by atoms with Crippen molar-refractivity contribution in [1.82, 2.24) is 20.7 Å². The smallest absolute Gasteiger partial charge is 0.228 e. The minimum Gasteiger partial charge on any atom is -0.297 e. The molecule has 162 valence electrons. The molecule has 2 aliphatic heterocycles. The van der Waals surface area contributed by atoms with Crippen LogP contribution < -0.4 is 10.9 Å². The van der Waals surface area contributed by atoms with E-state index in [4.69, 9.17) is 24.4 Å². The maximum absolute atomic E-state index is 12.4. The molecule has 2 N–H and O–H groups in total. The van der Waals surface area contributed by atoms with E-state index in [0.717, 1.165) is 11.5 Å². The lowest BCUT2D eigenvalue weighted by Gasteiger charge is -2.31. The van der Waals surface area contributed by atoms with Gasteiger partial charge in [-0.2, -0.15) is 10.5 Å². The summed E-state index contributed by atoms with van der Waals surface area (Å²) < 4.78 is 1.14. The summed E-state index contributed by atoms with van der Waals surface area (Å²) in [4.78, 5) is 27.9. The Morgan fingerprint density at radius 1 is 0.933 bits per heavy atom. The Hall–Kier alpha value is -1.28. The van der Waals surface area contributed by atoms with Gasteiger partial charge in [-0.1, -0.05) is 48.0 Å². The number of nitrogens with zero attached hydrogens (tertiary/aromatic N) is 4. The van der Waals surface area contributed by atoms with Crippen LogP contribution >= 0.6 is 48.0 Å². The van der Waals surface area contributed by atoms with Crippen molar-refractivity contribution in [1.29, 1.82) is 10.5 Å². The second-order valence-electron chi connectivity index (χ2n) is 7.46. The predicted octanol–water partition coefficient (Wildman–Crippen LogP) is 1.93. The van der Waals surface area contributed by atoms with Gasteiger partial charge in [0.1, 0.15) is 19.7 Å². The second kappa shape index (κ2) is 10.8.